The number of allylic oxidation sites excluding steroid dienone is 4. The minimum absolute atomic E-state index is 0.206. The predicted octanol–water partition coefficient (Wildman–Crippen LogP) is 12.8. The van der Waals surface area contributed by atoms with Crippen LogP contribution in [0.2, 0.25) is 0 Å². The summed E-state index contributed by atoms with van der Waals surface area (Å²) in [6, 6.07) is 0. The molecular formula is C42H79O8P. The molecule has 0 aromatic carbocycles. The molecule has 0 aliphatic carbocycles. The van der Waals surface area contributed by atoms with E-state index in [0.29, 0.717) is 12.8 Å². The number of hydrogen-bond donors (Lipinski definition) is 2. The third-order valence-corrected chi connectivity index (χ3v) is 9.71. The van der Waals surface area contributed by atoms with Gasteiger partial charge >= 0.3 is 19.8 Å². The highest BCUT2D eigenvalue weighted by Crippen LogP contribution is 2.36. The number of ether oxygens (including phenoxy) is 2. The van der Waals surface area contributed by atoms with Crippen molar-refractivity contribution in [3.8, 4) is 0 Å². The van der Waals surface area contributed by atoms with Crippen molar-refractivity contribution in [2.75, 3.05) is 13.2 Å². The van der Waals surface area contributed by atoms with Crippen LogP contribution in [0.5, 0.6) is 0 Å². The smallest absolute Gasteiger partial charge is 0.462 e. The lowest BCUT2D eigenvalue weighted by Gasteiger charge is -2.18. The second-order valence-corrected chi connectivity index (χ2v) is 15.6. The molecule has 0 rings (SSSR count). The molecule has 0 spiro atoms. The van der Waals surface area contributed by atoms with E-state index in [2.05, 4.69) is 42.7 Å². The van der Waals surface area contributed by atoms with E-state index in [4.69, 9.17) is 19.3 Å². The van der Waals surface area contributed by atoms with Gasteiger partial charge in [0.1, 0.15) is 6.61 Å². The molecule has 0 aliphatic heterocycles. The van der Waals surface area contributed by atoms with E-state index in [9.17, 15) is 14.2 Å². The predicted molar refractivity (Wildman–Crippen MR) is 212 cm³/mol. The Morgan fingerprint density at radius 1 is 0.510 bits per heavy atom. The highest BCUT2D eigenvalue weighted by molar-refractivity contribution is 7.46. The fraction of sp³-hybridized carbons (Fsp3) is 0.857. The molecule has 0 bridgehead atoms. The van der Waals surface area contributed by atoms with Crippen molar-refractivity contribution in [3.05, 3.63) is 24.3 Å². The summed E-state index contributed by atoms with van der Waals surface area (Å²) in [6.07, 6.45) is 43.4. The normalized spacial score (nSPS) is 12.6. The number of rotatable bonds is 39. The Hall–Kier alpha value is -1.47. The van der Waals surface area contributed by atoms with Gasteiger partial charge in [0.2, 0.25) is 0 Å². The van der Waals surface area contributed by atoms with E-state index in [0.717, 1.165) is 38.5 Å². The molecule has 0 aromatic rings. The fourth-order valence-corrected chi connectivity index (χ4v) is 6.42. The molecule has 0 heterocycles. The Labute approximate surface area is 313 Å². The molecule has 1 atom stereocenters. The van der Waals surface area contributed by atoms with E-state index >= 15 is 0 Å². The fourth-order valence-electron chi connectivity index (χ4n) is 6.06. The molecule has 51 heavy (non-hydrogen) atoms. The maximum absolute atomic E-state index is 12.4. The van der Waals surface area contributed by atoms with Gasteiger partial charge in [-0.2, -0.15) is 0 Å². The first-order chi connectivity index (χ1) is 24.8. The van der Waals surface area contributed by atoms with Crippen molar-refractivity contribution in [1.82, 2.24) is 0 Å². The number of unbranched alkanes of at least 4 members (excludes halogenated alkanes) is 25. The van der Waals surface area contributed by atoms with Crippen LogP contribution in [0.25, 0.3) is 0 Å². The largest absolute Gasteiger partial charge is 0.469 e. The van der Waals surface area contributed by atoms with Gasteiger partial charge in [0.15, 0.2) is 6.10 Å². The van der Waals surface area contributed by atoms with Crippen molar-refractivity contribution in [1.29, 1.82) is 0 Å². The van der Waals surface area contributed by atoms with Gasteiger partial charge in [0.25, 0.3) is 0 Å². The molecule has 0 saturated heterocycles. The summed E-state index contributed by atoms with van der Waals surface area (Å²) >= 11 is 0. The lowest BCUT2D eigenvalue weighted by Crippen LogP contribution is -2.29. The second kappa shape index (κ2) is 38.3. The molecule has 0 saturated carbocycles. The summed E-state index contributed by atoms with van der Waals surface area (Å²) in [4.78, 5) is 42.8. The van der Waals surface area contributed by atoms with Crippen LogP contribution in [0, 0.1) is 0 Å². The van der Waals surface area contributed by atoms with Gasteiger partial charge in [0, 0.05) is 12.8 Å². The summed E-state index contributed by atoms with van der Waals surface area (Å²) in [5.74, 6) is -0.928. The number of hydrogen-bond acceptors (Lipinski definition) is 6. The molecule has 0 radical (unpaired) electrons. The number of esters is 2. The maximum atomic E-state index is 12.4. The maximum Gasteiger partial charge on any atom is 0.469 e. The third-order valence-electron chi connectivity index (χ3n) is 9.22. The minimum atomic E-state index is -4.76. The van der Waals surface area contributed by atoms with Crippen LogP contribution in [0.1, 0.15) is 213 Å². The number of phosphoric acid groups is 1. The zero-order chi connectivity index (χ0) is 37.5. The van der Waals surface area contributed by atoms with Crippen LogP contribution < -0.4 is 0 Å². The number of phosphoric ester groups is 1. The second-order valence-electron chi connectivity index (χ2n) is 14.3. The van der Waals surface area contributed by atoms with E-state index in [1.54, 1.807) is 0 Å². The molecule has 9 heteroatoms. The number of carbonyl (C=O) groups is 2. The Bertz CT molecular complexity index is 884. The summed E-state index contributed by atoms with van der Waals surface area (Å²) in [7, 11) is -4.76. The molecule has 0 aromatic heterocycles. The minimum Gasteiger partial charge on any atom is -0.462 e. The summed E-state index contributed by atoms with van der Waals surface area (Å²) in [5, 5.41) is 0. The van der Waals surface area contributed by atoms with E-state index in [1.165, 1.54) is 135 Å². The van der Waals surface area contributed by atoms with Crippen LogP contribution in [0.3, 0.4) is 0 Å². The Kier molecular flexibility index (Phi) is 37.2. The van der Waals surface area contributed by atoms with Gasteiger partial charge in [-0.05, 0) is 38.5 Å². The average molecular weight is 743 g/mol. The van der Waals surface area contributed by atoms with E-state index in [-0.39, 0.29) is 19.4 Å². The van der Waals surface area contributed by atoms with Crippen molar-refractivity contribution >= 4 is 19.8 Å². The molecule has 0 fully saturated rings. The van der Waals surface area contributed by atoms with Crippen LogP contribution in [-0.4, -0.2) is 41.0 Å². The first-order valence-electron chi connectivity index (χ1n) is 21.1. The Morgan fingerprint density at radius 2 is 0.902 bits per heavy atom. The zero-order valence-corrected chi connectivity index (χ0v) is 33.9. The lowest BCUT2D eigenvalue weighted by atomic mass is 10.0. The number of carbonyl (C=O) groups excluding carboxylic acids is 2. The van der Waals surface area contributed by atoms with Crippen LogP contribution in [-0.2, 0) is 28.2 Å². The first-order valence-corrected chi connectivity index (χ1v) is 22.7. The van der Waals surface area contributed by atoms with Crippen LogP contribution in [0.15, 0.2) is 24.3 Å². The summed E-state index contributed by atoms with van der Waals surface area (Å²) in [6.45, 7) is 3.67. The SMILES string of the molecule is CCCCCCCCCCC/C=C/C/C=C/CCCC(=O)OC[C@H](COP(=O)(O)O)OC(=O)CCCCCCCCCCCCCCCCCC. The van der Waals surface area contributed by atoms with Crippen LogP contribution >= 0.6 is 7.82 Å². The molecule has 2 N–H and O–H groups in total. The van der Waals surface area contributed by atoms with Gasteiger partial charge in [0.05, 0.1) is 6.61 Å². The summed E-state index contributed by atoms with van der Waals surface area (Å²) in [5.41, 5.74) is 0. The molecule has 0 aliphatic rings. The molecule has 8 nitrogen and oxygen atoms in total. The quantitative estimate of drug-likeness (QED) is 0.0276. The van der Waals surface area contributed by atoms with Crippen molar-refractivity contribution in [2.24, 2.45) is 0 Å². The monoisotopic (exact) mass is 743 g/mol. The Morgan fingerprint density at radius 3 is 1.35 bits per heavy atom. The molecule has 300 valence electrons. The van der Waals surface area contributed by atoms with Gasteiger partial charge in [-0.15, -0.1) is 0 Å². The van der Waals surface area contributed by atoms with Crippen molar-refractivity contribution < 1.29 is 37.9 Å². The van der Waals surface area contributed by atoms with Crippen molar-refractivity contribution in [2.45, 2.75) is 219 Å². The average Bonchev–Trinajstić information content (AvgIpc) is 3.10. The van der Waals surface area contributed by atoms with Gasteiger partial charge in [-0.25, -0.2) is 4.57 Å². The van der Waals surface area contributed by atoms with Crippen molar-refractivity contribution in [3.63, 3.8) is 0 Å². The Balaban J connectivity index is 3.95. The molecule has 0 amide bonds. The zero-order valence-electron chi connectivity index (χ0n) is 33.0. The van der Waals surface area contributed by atoms with E-state index in [1.807, 2.05) is 0 Å². The third kappa shape index (κ3) is 41.2. The molecular weight excluding hydrogens is 663 g/mol. The van der Waals surface area contributed by atoms with Gasteiger partial charge in [-0.3, -0.25) is 14.1 Å². The lowest BCUT2D eigenvalue weighted by molar-refractivity contribution is -0.161. The highest BCUT2D eigenvalue weighted by Gasteiger charge is 2.22. The summed E-state index contributed by atoms with van der Waals surface area (Å²) < 4.78 is 26.3. The van der Waals surface area contributed by atoms with Crippen LogP contribution in [0.4, 0.5) is 0 Å². The van der Waals surface area contributed by atoms with Gasteiger partial charge < -0.3 is 19.3 Å². The highest BCUT2D eigenvalue weighted by atomic mass is 31.2. The standard InChI is InChI=1S/C42H79O8P/c1-3-5-7-9-11-13-15-17-19-21-23-24-26-28-30-32-34-36-41(43)48-38-40(39-49-51(45,46)47)50-42(44)37-35-33-31-29-27-25-22-20-18-16-14-12-10-8-6-4-2/h23-24,28,30,40H,3-22,25-27,29,31-39H2,1-2H3,(H2,45,46,47)/b24-23+,30-28+/t40-/m1/s1. The van der Waals surface area contributed by atoms with Gasteiger partial charge in [-0.1, -0.05) is 186 Å². The molecule has 0 unspecified atom stereocenters. The topological polar surface area (TPSA) is 119 Å². The first kappa shape index (κ1) is 49.5. The van der Waals surface area contributed by atoms with E-state index < -0.39 is 32.5 Å².